The Morgan fingerprint density at radius 3 is 1.92 bits per heavy atom. The number of aromatic nitrogens is 2. The topological polar surface area (TPSA) is 38.9 Å². The maximum atomic E-state index is 6.53. The predicted octanol–water partition coefficient (Wildman–Crippen LogP) is 17.2. The van der Waals surface area contributed by atoms with E-state index in [-0.39, 0.29) is 0 Å². The van der Waals surface area contributed by atoms with E-state index in [0.29, 0.717) is 0 Å². The van der Waals surface area contributed by atoms with Crippen molar-refractivity contribution >= 4 is 70.9 Å². The summed E-state index contributed by atoms with van der Waals surface area (Å²) in [7, 11) is 0. The van der Waals surface area contributed by atoms with E-state index in [2.05, 4.69) is 193 Å². The maximum absolute atomic E-state index is 6.53. The summed E-state index contributed by atoms with van der Waals surface area (Å²) in [6.07, 6.45) is 13.2. The van der Waals surface area contributed by atoms with E-state index in [1.165, 1.54) is 21.9 Å². The van der Waals surface area contributed by atoms with Crippen LogP contribution >= 0.6 is 0 Å². The molecule has 3 nitrogen and oxygen atoms in total. The molecule has 0 radical (unpaired) electrons. The van der Waals surface area contributed by atoms with Gasteiger partial charge in [-0.1, -0.05) is 198 Å². The van der Waals surface area contributed by atoms with Crippen LogP contribution in [0.15, 0.2) is 212 Å². The average Bonchev–Trinajstić information content (AvgIpc) is 3.72. The monoisotopic (exact) mass is 802 g/mol. The minimum Gasteiger partial charge on any atom is -0.455 e. The van der Waals surface area contributed by atoms with Gasteiger partial charge < -0.3 is 4.42 Å². The highest BCUT2D eigenvalue weighted by Crippen LogP contribution is 2.42. The number of furan rings is 1. The Morgan fingerprint density at radius 2 is 1.19 bits per heavy atom. The normalized spacial score (nSPS) is 11.6. The van der Waals surface area contributed by atoms with Gasteiger partial charge in [0, 0.05) is 32.7 Å². The van der Waals surface area contributed by atoms with E-state index >= 15 is 0 Å². The largest absolute Gasteiger partial charge is 0.455 e. The Hall–Kier alpha value is -7.62. The highest BCUT2D eigenvalue weighted by molar-refractivity contribution is 6.25. The van der Waals surface area contributed by atoms with Gasteiger partial charge in [0.15, 0.2) is 0 Å². The second-order valence-electron chi connectivity index (χ2n) is 15.9. The minimum absolute atomic E-state index is 0.829. The van der Waals surface area contributed by atoms with Crippen molar-refractivity contribution in [1.29, 1.82) is 0 Å². The van der Waals surface area contributed by atoms with Gasteiger partial charge in [-0.2, -0.15) is 0 Å². The van der Waals surface area contributed by atoms with Crippen LogP contribution in [0.25, 0.3) is 104 Å². The van der Waals surface area contributed by atoms with Crippen LogP contribution in [0.5, 0.6) is 0 Å². The van der Waals surface area contributed by atoms with Gasteiger partial charge in [0.05, 0.1) is 22.9 Å². The first kappa shape index (κ1) is 41.1. The van der Waals surface area contributed by atoms with Crippen molar-refractivity contribution in [2.24, 2.45) is 5.92 Å². The predicted molar refractivity (Wildman–Crippen MR) is 270 cm³/mol. The van der Waals surface area contributed by atoms with Gasteiger partial charge in [-0.05, 0) is 86.5 Å². The van der Waals surface area contributed by atoms with Crippen molar-refractivity contribution < 1.29 is 4.42 Å². The molecule has 0 aliphatic heterocycles. The zero-order valence-electron chi connectivity index (χ0n) is 35.9. The van der Waals surface area contributed by atoms with Crippen LogP contribution in [0.4, 0.5) is 0 Å². The average molecular weight is 803 g/mol. The molecule has 0 saturated carbocycles. The number of fused-ring (bicyclic) bond motifs is 11. The molecule has 10 rings (SSSR count). The molecule has 2 heterocycles. The van der Waals surface area contributed by atoms with Crippen LogP contribution < -0.4 is 0 Å². The highest BCUT2D eigenvalue weighted by Gasteiger charge is 2.18. The smallest absolute Gasteiger partial charge is 0.143 e. The van der Waals surface area contributed by atoms with Crippen molar-refractivity contribution in [3.8, 4) is 33.5 Å². The van der Waals surface area contributed by atoms with Gasteiger partial charge in [-0.25, -0.2) is 4.98 Å². The van der Waals surface area contributed by atoms with Gasteiger partial charge >= 0.3 is 0 Å². The van der Waals surface area contributed by atoms with Gasteiger partial charge in [0.1, 0.15) is 11.2 Å². The Bertz CT molecular complexity index is 3320. The Labute approximate surface area is 364 Å². The first-order chi connectivity index (χ1) is 30.3. The van der Waals surface area contributed by atoms with Crippen molar-refractivity contribution in [3.05, 3.63) is 214 Å². The number of benzene rings is 8. The lowest BCUT2D eigenvalue weighted by molar-refractivity contribution is 0.670. The molecule has 0 saturated heterocycles. The summed E-state index contributed by atoms with van der Waals surface area (Å²) in [6, 6.07) is 51.6. The molecule has 0 aliphatic rings. The van der Waals surface area contributed by atoms with E-state index in [1.807, 2.05) is 30.5 Å². The summed E-state index contributed by atoms with van der Waals surface area (Å²) < 4.78 is 6.53. The molecule has 0 bridgehead atoms. The Morgan fingerprint density at radius 1 is 0.565 bits per heavy atom. The lowest BCUT2D eigenvalue weighted by atomic mass is 9.93. The van der Waals surface area contributed by atoms with Crippen LogP contribution in [0, 0.1) is 5.92 Å². The lowest BCUT2D eigenvalue weighted by Crippen LogP contribution is -1.94. The number of nitrogens with zero attached hydrogens (tertiary/aromatic N) is 2. The molecule has 0 N–H and O–H groups in total. The zero-order chi connectivity index (χ0) is 43.2. The molecule has 0 atom stereocenters. The Balaban J connectivity index is 0.000000612. The fourth-order valence-corrected chi connectivity index (χ4v) is 7.99. The van der Waals surface area contributed by atoms with Crippen molar-refractivity contribution in [2.45, 2.75) is 27.7 Å². The fraction of sp³-hybridized carbons (Fsp3) is 0.0847. The summed E-state index contributed by atoms with van der Waals surface area (Å²) in [5.41, 5.74) is 12.2. The van der Waals surface area contributed by atoms with Crippen molar-refractivity contribution in [1.82, 2.24) is 9.97 Å². The summed E-state index contributed by atoms with van der Waals surface area (Å²) in [4.78, 5) is 10.5. The van der Waals surface area contributed by atoms with Crippen molar-refractivity contribution in [3.63, 3.8) is 0 Å². The van der Waals surface area contributed by atoms with Gasteiger partial charge in [0.25, 0.3) is 0 Å². The van der Waals surface area contributed by atoms with Crippen LogP contribution in [-0.2, 0) is 0 Å². The molecule has 0 unspecified atom stereocenters. The SMILES string of the molecule is C=C/C=C\C(=C/C)c1ccc2c(c1)c1cc(-c3ccccc3)ccc1c1ncc(-c3ccc(-c4cc5ccccc5c5c4oc4ccccc45)cc3)nc21.C=CC=C.CC(C)C. The van der Waals surface area contributed by atoms with Crippen LogP contribution in [0.1, 0.15) is 33.3 Å². The van der Waals surface area contributed by atoms with Gasteiger partial charge in [0.2, 0.25) is 0 Å². The number of allylic oxidation sites excluding steroid dienone is 7. The lowest BCUT2D eigenvalue weighted by Gasteiger charge is -2.14. The third kappa shape index (κ3) is 8.13. The van der Waals surface area contributed by atoms with E-state index in [1.54, 1.807) is 12.2 Å². The van der Waals surface area contributed by atoms with E-state index in [9.17, 15) is 0 Å². The van der Waals surface area contributed by atoms with E-state index in [0.717, 1.165) is 94.0 Å². The quantitative estimate of drug-likeness (QED) is 0.119. The standard InChI is InChI=1S/C51H34N2O.C4H10.C4H6/c1-3-5-13-32(4-2)36-24-27-41-45(28-36)44-29-37(33-14-7-6-8-15-33)25-26-40(44)49-50(41)53-46(31-52-49)35-22-20-34(21-23-35)43-30-38-16-9-10-17-39(38)48-42-18-11-12-19-47(42)54-51(43)48;1-4(2)3;1-3-4-2/h3-31H,1H2,2H3;4H,1-3H3;3-4H,1-2H2/b13-5-,32-4+;;. The molecule has 2 aromatic heterocycles. The van der Waals surface area contributed by atoms with Gasteiger partial charge in [-0.15, -0.1) is 0 Å². The highest BCUT2D eigenvalue weighted by atomic mass is 16.3. The molecule has 8 aromatic carbocycles. The molecule has 0 aliphatic carbocycles. The summed E-state index contributed by atoms with van der Waals surface area (Å²) >= 11 is 0. The summed E-state index contributed by atoms with van der Waals surface area (Å²) in [5.74, 6) is 0.833. The molecule has 0 spiro atoms. The molecule has 0 fully saturated rings. The van der Waals surface area contributed by atoms with Gasteiger partial charge in [-0.3, -0.25) is 4.98 Å². The van der Waals surface area contributed by atoms with E-state index in [4.69, 9.17) is 14.4 Å². The zero-order valence-corrected chi connectivity index (χ0v) is 35.9. The fourth-order valence-electron chi connectivity index (χ4n) is 7.99. The summed E-state index contributed by atoms with van der Waals surface area (Å²) in [5, 5.41) is 9.12. The second-order valence-corrected chi connectivity index (χ2v) is 15.9. The molecule has 62 heavy (non-hydrogen) atoms. The van der Waals surface area contributed by atoms with Crippen LogP contribution in [-0.4, -0.2) is 9.97 Å². The number of hydrogen-bond donors (Lipinski definition) is 0. The van der Waals surface area contributed by atoms with Crippen LogP contribution in [0.3, 0.4) is 0 Å². The number of rotatable bonds is 7. The molecular formula is C59H50N2O. The first-order valence-corrected chi connectivity index (χ1v) is 21.2. The molecule has 3 heteroatoms. The first-order valence-electron chi connectivity index (χ1n) is 21.2. The third-order valence-corrected chi connectivity index (χ3v) is 10.8. The van der Waals surface area contributed by atoms with Crippen LogP contribution in [0.2, 0.25) is 0 Å². The number of hydrogen-bond acceptors (Lipinski definition) is 3. The number of para-hydroxylation sites is 1. The molecule has 0 amide bonds. The minimum atomic E-state index is 0.829. The third-order valence-electron chi connectivity index (χ3n) is 10.8. The maximum Gasteiger partial charge on any atom is 0.143 e. The summed E-state index contributed by atoms with van der Waals surface area (Å²) in [6.45, 7) is 19.2. The molecular weight excluding hydrogens is 753 g/mol. The second kappa shape index (κ2) is 18.3. The van der Waals surface area contributed by atoms with E-state index < -0.39 is 0 Å². The molecule has 10 aromatic rings. The van der Waals surface area contributed by atoms with Crippen molar-refractivity contribution in [2.75, 3.05) is 0 Å². The molecule has 302 valence electrons. The Kier molecular flexibility index (Phi) is 12.2.